The zero-order valence-electron chi connectivity index (χ0n) is 20.1. The van der Waals surface area contributed by atoms with E-state index in [1.54, 1.807) is 18.2 Å². The second-order valence-electron chi connectivity index (χ2n) is 9.51. The third-order valence-electron chi connectivity index (χ3n) is 6.96. The van der Waals surface area contributed by atoms with Crippen molar-refractivity contribution in [1.82, 2.24) is 4.90 Å². The number of allylic oxidation sites excluding steroid dienone is 1. The van der Waals surface area contributed by atoms with Crippen molar-refractivity contribution in [2.24, 2.45) is 5.92 Å². The highest BCUT2D eigenvalue weighted by Crippen LogP contribution is 2.47. The number of rotatable bonds is 6. The molecular formula is C30H28F3NO2. The van der Waals surface area contributed by atoms with Crippen molar-refractivity contribution >= 4 is 17.2 Å². The van der Waals surface area contributed by atoms with Crippen LogP contribution in [0.3, 0.4) is 0 Å². The lowest BCUT2D eigenvalue weighted by Gasteiger charge is -2.31. The first kappa shape index (κ1) is 24.2. The molecular weight excluding hydrogens is 463 g/mol. The number of alkyl halides is 1. The van der Waals surface area contributed by atoms with Gasteiger partial charge >= 0.3 is 0 Å². The summed E-state index contributed by atoms with van der Waals surface area (Å²) in [6.07, 6.45) is 4.41. The van der Waals surface area contributed by atoms with Crippen LogP contribution in [0.1, 0.15) is 41.7 Å². The van der Waals surface area contributed by atoms with Gasteiger partial charge in [-0.15, -0.1) is 0 Å². The Morgan fingerprint density at radius 3 is 2.47 bits per heavy atom. The molecule has 0 spiro atoms. The zero-order chi connectivity index (χ0) is 25.2. The Bertz CT molecular complexity index is 1300. The largest absolute Gasteiger partial charge is 0.508 e. The minimum Gasteiger partial charge on any atom is -0.508 e. The fourth-order valence-corrected chi connectivity index (χ4v) is 5.08. The molecule has 3 aromatic rings. The number of phenols is 1. The lowest BCUT2D eigenvalue weighted by molar-refractivity contribution is 0.259. The molecule has 1 fully saturated rings. The molecule has 6 heteroatoms. The molecule has 2 atom stereocenters. The van der Waals surface area contributed by atoms with Gasteiger partial charge in [-0.3, -0.25) is 9.29 Å². The third kappa shape index (κ3) is 5.05. The molecule has 2 aliphatic heterocycles. The molecule has 1 N–H and O–H groups in total. The van der Waals surface area contributed by atoms with E-state index in [1.807, 2.05) is 37.3 Å². The van der Waals surface area contributed by atoms with E-state index < -0.39 is 17.7 Å². The summed E-state index contributed by atoms with van der Waals surface area (Å²) in [7, 11) is 0. The highest BCUT2D eigenvalue weighted by molar-refractivity contribution is 5.95. The first-order valence-electron chi connectivity index (χ1n) is 12.1. The summed E-state index contributed by atoms with van der Waals surface area (Å²) in [5.41, 5.74) is 4.51. The molecule has 2 aliphatic rings. The van der Waals surface area contributed by atoms with Crippen molar-refractivity contribution in [3.8, 4) is 11.5 Å². The molecule has 1 saturated heterocycles. The number of fused-ring (bicyclic) bond motifs is 1. The molecule has 0 bridgehead atoms. The number of nitrogens with zero attached hydrogens (tertiary/aromatic N) is 1. The van der Waals surface area contributed by atoms with Gasteiger partial charge in [-0.2, -0.15) is 0 Å². The maximum Gasteiger partial charge on any atom is 0.150 e. The Kier molecular flexibility index (Phi) is 6.88. The van der Waals surface area contributed by atoms with E-state index in [4.69, 9.17) is 4.74 Å². The minimum atomic E-state index is -0.656. The van der Waals surface area contributed by atoms with Crippen LogP contribution >= 0.6 is 0 Å². The summed E-state index contributed by atoms with van der Waals surface area (Å²) in [6, 6.07) is 16.2. The highest BCUT2D eigenvalue weighted by atomic mass is 19.1. The number of hydrogen-bond acceptors (Lipinski definition) is 3. The van der Waals surface area contributed by atoms with Gasteiger partial charge in [0.25, 0.3) is 0 Å². The molecule has 3 nitrogen and oxygen atoms in total. The van der Waals surface area contributed by atoms with Crippen LogP contribution < -0.4 is 4.74 Å². The number of aromatic hydroxyl groups is 1. The molecule has 0 aliphatic carbocycles. The van der Waals surface area contributed by atoms with Crippen LogP contribution in [0.15, 0.2) is 66.7 Å². The zero-order valence-corrected chi connectivity index (χ0v) is 20.1. The van der Waals surface area contributed by atoms with Crippen LogP contribution in [0, 0.1) is 17.6 Å². The molecule has 0 radical (unpaired) electrons. The predicted molar refractivity (Wildman–Crippen MR) is 136 cm³/mol. The SMILES string of the molecule is CC1=C(c2cc(F)cc(F)c2)C(c2ccc(/C=C/CN3CC[C@@H](CF)C3)cc2)Oc2cc(O)ccc21. The second kappa shape index (κ2) is 10.2. The van der Waals surface area contributed by atoms with Gasteiger partial charge in [-0.25, -0.2) is 8.78 Å². The summed E-state index contributed by atoms with van der Waals surface area (Å²) < 4.78 is 47.4. The third-order valence-corrected chi connectivity index (χ3v) is 6.96. The van der Waals surface area contributed by atoms with Crippen LogP contribution in [-0.2, 0) is 0 Å². The smallest absolute Gasteiger partial charge is 0.150 e. The number of halogens is 3. The quantitative estimate of drug-likeness (QED) is 0.402. The second-order valence-corrected chi connectivity index (χ2v) is 9.51. The van der Waals surface area contributed by atoms with Crippen molar-refractivity contribution < 1.29 is 23.0 Å². The van der Waals surface area contributed by atoms with Crippen molar-refractivity contribution in [1.29, 1.82) is 0 Å². The summed E-state index contributed by atoms with van der Waals surface area (Å²) in [5.74, 6) is -0.567. The monoisotopic (exact) mass is 491 g/mol. The van der Waals surface area contributed by atoms with Gasteiger partial charge < -0.3 is 9.84 Å². The lowest BCUT2D eigenvalue weighted by atomic mass is 9.86. The summed E-state index contributed by atoms with van der Waals surface area (Å²) in [6.45, 7) is 4.13. The first-order chi connectivity index (χ1) is 17.4. The number of ether oxygens (including phenoxy) is 1. The fraction of sp³-hybridized carbons (Fsp3) is 0.267. The van der Waals surface area contributed by atoms with Gasteiger partial charge in [-0.05, 0) is 66.4 Å². The van der Waals surface area contributed by atoms with E-state index in [9.17, 15) is 18.3 Å². The van der Waals surface area contributed by atoms with E-state index in [1.165, 1.54) is 12.1 Å². The van der Waals surface area contributed by atoms with Crippen LogP contribution in [-0.4, -0.2) is 36.3 Å². The Hall–Kier alpha value is -3.51. The van der Waals surface area contributed by atoms with Crippen molar-refractivity contribution in [2.75, 3.05) is 26.3 Å². The van der Waals surface area contributed by atoms with Gasteiger partial charge in [-0.1, -0.05) is 36.4 Å². The minimum absolute atomic E-state index is 0.0804. The molecule has 36 heavy (non-hydrogen) atoms. The average Bonchev–Trinajstić information content (AvgIpc) is 3.31. The number of benzene rings is 3. The number of phenolic OH excluding ortho intramolecular Hbond substituents is 1. The van der Waals surface area contributed by atoms with Crippen molar-refractivity contribution in [2.45, 2.75) is 19.4 Å². The number of hydrogen-bond donors (Lipinski definition) is 1. The van der Waals surface area contributed by atoms with E-state index >= 15 is 0 Å². The Morgan fingerprint density at radius 2 is 1.78 bits per heavy atom. The fourth-order valence-electron chi connectivity index (χ4n) is 5.08. The van der Waals surface area contributed by atoms with Crippen molar-refractivity contribution in [3.63, 3.8) is 0 Å². The predicted octanol–water partition coefficient (Wildman–Crippen LogP) is 7.04. The van der Waals surface area contributed by atoms with Gasteiger partial charge in [0.2, 0.25) is 0 Å². The van der Waals surface area contributed by atoms with E-state index in [-0.39, 0.29) is 18.3 Å². The molecule has 3 aromatic carbocycles. The van der Waals surface area contributed by atoms with Crippen LogP contribution in [0.5, 0.6) is 11.5 Å². The highest BCUT2D eigenvalue weighted by Gasteiger charge is 2.30. The van der Waals surface area contributed by atoms with Crippen molar-refractivity contribution in [3.05, 3.63) is 101 Å². The Labute approximate surface area is 209 Å². The lowest BCUT2D eigenvalue weighted by Crippen LogP contribution is -2.20. The standard InChI is InChI=1S/C30H28F3NO2/c1-19-27-9-8-26(35)16-28(27)36-30(29(19)23-13-24(32)15-25(33)14-23)22-6-4-20(5-7-22)3-2-11-34-12-10-21(17-31)18-34/h2-9,13-16,21,30,35H,10-12,17-18H2,1H3/b3-2+/t21-,30?/m0/s1. The van der Waals surface area contributed by atoms with Gasteiger partial charge in [0.1, 0.15) is 29.2 Å². The summed E-state index contributed by atoms with van der Waals surface area (Å²) in [4.78, 5) is 2.25. The van der Waals surface area contributed by atoms with Gasteiger partial charge in [0.15, 0.2) is 0 Å². The Morgan fingerprint density at radius 1 is 1.03 bits per heavy atom. The molecule has 2 heterocycles. The molecule has 1 unspecified atom stereocenters. The molecule has 186 valence electrons. The van der Waals surface area contributed by atoms with E-state index in [0.29, 0.717) is 16.9 Å². The molecule has 5 rings (SSSR count). The van der Waals surface area contributed by atoms with Crippen LogP contribution in [0.2, 0.25) is 0 Å². The summed E-state index contributed by atoms with van der Waals surface area (Å²) in [5, 5.41) is 9.99. The van der Waals surface area contributed by atoms with Crippen LogP contribution in [0.4, 0.5) is 13.2 Å². The molecule has 0 amide bonds. The molecule has 0 saturated carbocycles. The maximum absolute atomic E-state index is 14.1. The topological polar surface area (TPSA) is 32.7 Å². The maximum atomic E-state index is 14.1. The first-order valence-corrected chi connectivity index (χ1v) is 12.1. The average molecular weight is 492 g/mol. The van der Waals surface area contributed by atoms with E-state index in [2.05, 4.69) is 11.0 Å². The normalized spacial score (nSPS) is 20.1. The van der Waals surface area contributed by atoms with Gasteiger partial charge in [0, 0.05) is 42.3 Å². The number of likely N-dealkylation sites (tertiary alicyclic amines) is 1. The summed E-state index contributed by atoms with van der Waals surface area (Å²) >= 11 is 0. The van der Waals surface area contributed by atoms with E-state index in [0.717, 1.165) is 54.4 Å². The Balaban J connectivity index is 1.43. The molecule has 0 aromatic heterocycles. The van der Waals surface area contributed by atoms with Crippen LogP contribution in [0.25, 0.3) is 17.2 Å². The van der Waals surface area contributed by atoms with Gasteiger partial charge in [0.05, 0.1) is 6.67 Å².